The highest BCUT2D eigenvalue weighted by molar-refractivity contribution is 14.0. The number of methoxy groups -OCH3 is 1. The average Bonchev–Trinajstić information content (AvgIpc) is 3.09. The van der Waals surface area contributed by atoms with Gasteiger partial charge < -0.3 is 19.9 Å². The number of aryl methyl sites for hydroxylation is 1. The first-order chi connectivity index (χ1) is 11.7. The van der Waals surface area contributed by atoms with Gasteiger partial charge in [-0.3, -0.25) is 4.99 Å². The number of aromatic nitrogens is 1. The maximum absolute atomic E-state index is 5.38. The number of guanidine groups is 1. The Labute approximate surface area is 167 Å². The van der Waals surface area contributed by atoms with E-state index >= 15 is 0 Å². The van der Waals surface area contributed by atoms with Crippen LogP contribution in [-0.2, 0) is 13.0 Å². The number of nitrogens with one attached hydrogen (secondary N) is 2. The third-order valence-corrected chi connectivity index (χ3v) is 3.82. The molecule has 2 N–H and O–H groups in total. The van der Waals surface area contributed by atoms with Gasteiger partial charge in [0, 0.05) is 38.6 Å². The molecule has 1 aromatic heterocycles. The van der Waals surface area contributed by atoms with Crippen molar-refractivity contribution < 1.29 is 4.74 Å². The molecule has 2 rings (SSSR count). The van der Waals surface area contributed by atoms with Crippen LogP contribution in [0.3, 0.4) is 0 Å². The molecule has 138 valence electrons. The first-order valence-corrected chi connectivity index (χ1v) is 8.49. The van der Waals surface area contributed by atoms with E-state index < -0.39 is 0 Å². The van der Waals surface area contributed by atoms with Gasteiger partial charge in [-0.25, -0.2) is 0 Å². The van der Waals surface area contributed by atoms with E-state index in [0.717, 1.165) is 49.9 Å². The van der Waals surface area contributed by atoms with Crippen molar-refractivity contribution in [3.8, 4) is 5.75 Å². The van der Waals surface area contributed by atoms with Crippen molar-refractivity contribution in [1.82, 2.24) is 15.2 Å². The van der Waals surface area contributed by atoms with Crippen molar-refractivity contribution >= 4 is 29.9 Å². The Morgan fingerprint density at radius 2 is 1.96 bits per heavy atom. The van der Waals surface area contributed by atoms with Gasteiger partial charge in [-0.05, 0) is 49.6 Å². The van der Waals surface area contributed by atoms with E-state index in [4.69, 9.17) is 4.74 Å². The summed E-state index contributed by atoms with van der Waals surface area (Å²) in [5, 5.41) is 6.66. The lowest BCUT2D eigenvalue weighted by Crippen LogP contribution is -2.39. The predicted molar refractivity (Wildman–Crippen MR) is 115 cm³/mol. The summed E-state index contributed by atoms with van der Waals surface area (Å²) in [5.74, 6) is 1.80. The highest BCUT2D eigenvalue weighted by Gasteiger charge is 2.01. The van der Waals surface area contributed by atoms with Gasteiger partial charge in [0.15, 0.2) is 5.96 Å². The Bertz CT molecular complexity index is 641. The summed E-state index contributed by atoms with van der Waals surface area (Å²) in [7, 11) is 1.71. The molecule has 0 aliphatic carbocycles. The van der Waals surface area contributed by atoms with Crippen LogP contribution >= 0.6 is 24.0 Å². The molecule has 0 saturated heterocycles. The molecule has 0 spiro atoms. The van der Waals surface area contributed by atoms with E-state index in [1.165, 1.54) is 5.56 Å². The molecular weight excluding hydrogens is 427 g/mol. The standard InChI is InChI=1S/C19H28N4O.HI/c1-4-20-19(22-11-14-23-12-5-6-13-23)21-10-9-17-8-7-16(2)18(15-17)24-3;/h5-8,12-13,15H,4,9-11,14H2,1-3H3,(H2,20,21,22);1H. The van der Waals surface area contributed by atoms with Crippen LogP contribution in [0.2, 0.25) is 0 Å². The molecule has 2 aromatic rings. The Morgan fingerprint density at radius 1 is 1.20 bits per heavy atom. The fourth-order valence-electron chi connectivity index (χ4n) is 2.48. The van der Waals surface area contributed by atoms with Crippen molar-refractivity contribution in [3.05, 3.63) is 53.9 Å². The Balaban J connectivity index is 0.00000312. The van der Waals surface area contributed by atoms with Crippen LogP contribution in [0.25, 0.3) is 0 Å². The van der Waals surface area contributed by atoms with Crippen molar-refractivity contribution in [2.24, 2.45) is 4.99 Å². The van der Waals surface area contributed by atoms with Crippen molar-refractivity contribution in [2.75, 3.05) is 26.7 Å². The van der Waals surface area contributed by atoms with Crippen molar-refractivity contribution in [2.45, 2.75) is 26.8 Å². The molecule has 25 heavy (non-hydrogen) atoms. The first kappa shape index (κ1) is 21.3. The van der Waals surface area contributed by atoms with Crippen LogP contribution in [0.4, 0.5) is 0 Å². The van der Waals surface area contributed by atoms with E-state index in [0.29, 0.717) is 0 Å². The SMILES string of the molecule is CCNC(=NCCc1ccc(C)c(OC)c1)NCCn1cccc1.I. The number of aliphatic imine (C=N–C) groups is 1. The zero-order valence-electron chi connectivity index (χ0n) is 15.3. The number of ether oxygens (including phenoxy) is 1. The van der Waals surface area contributed by atoms with Gasteiger partial charge in [0.05, 0.1) is 7.11 Å². The number of halogens is 1. The Morgan fingerprint density at radius 3 is 2.64 bits per heavy atom. The number of nitrogens with zero attached hydrogens (tertiary/aromatic N) is 2. The second-order valence-corrected chi connectivity index (χ2v) is 5.66. The van der Waals surface area contributed by atoms with Crippen LogP contribution < -0.4 is 15.4 Å². The van der Waals surface area contributed by atoms with Gasteiger partial charge in [-0.1, -0.05) is 12.1 Å². The van der Waals surface area contributed by atoms with Gasteiger partial charge >= 0.3 is 0 Å². The highest BCUT2D eigenvalue weighted by Crippen LogP contribution is 2.19. The van der Waals surface area contributed by atoms with Crippen LogP contribution in [0.15, 0.2) is 47.7 Å². The Kier molecular flexibility index (Phi) is 10.1. The predicted octanol–water partition coefficient (Wildman–Crippen LogP) is 3.22. The van der Waals surface area contributed by atoms with Crippen LogP contribution in [0.5, 0.6) is 5.75 Å². The molecule has 0 bridgehead atoms. The molecule has 0 amide bonds. The minimum atomic E-state index is 0. The summed E-state index contributed by atoms with van der Waals surface area (Å²) in [6, 6.07) is 10.4. The maximum Gasteiger partial charge on any atom is 0.191 e. The molecule has 6 heteroatoms. The quantitative estimate of drug-likeness (QED) is 0.365. The lowest BCUT2D eigenvalue weighted by Gasteiger charge is -2.12. The minimum absolute atomic E-state index is 0. The summed E-state index contributed by atoms with van der Waals surface area (Å²) in [4.78, 5) is 4.65. The van der Waals surface area contributed by atoms with Crippen molar-refractivity contribution in [1.29, 1.82) is 0 Å². The molecule has 0 aliphatic rings. The summed E-state index contributed by atoms with van der Waals surface area (Å²) in [6.45, 7) is 7.50. The monoisotopic (exact) mass is 456 g/mol. The van der Waals surface area contributed by atoms with Gasteiger partial charge in [0.2, 0.25) is 0 Å². The maximum atomic E-state index is 5.38. The molecule has 0 atom stereocenters. The molecule has 0 saturated carbocycles. The number of rotatable bonds is 8. The van der Waals surface area contributed by atoms with Gasteiger partial charge in [-0.15, -0.1) is 24.0 Å². The van der Waals surface area contributed by atoms with Crippen LogP contribution in [0.1, 0.15) is 18.1 Å². The van der Waals surface area contributed by atoms with Crippen LogP contribution in [-0.4, -0.2) is 37.3 Å². The molecule has 0 radical (unpaired) electrons. The zero-order chi connectivity index (χ0) is 17.2. The third-order valence-electron chi connectivity index (χ3n) is 3.82. The van der Waals surface area contributed by atoms with E-state index in [-0.39, 0.29) is 24.0 Å². The molecule has 0 unspecified atom stereocenters. The third kappa shape index (κ3) is 7.37. The average molecular weight is 456 g/mol. The normalized spacial score (nSPS) is 10.9. The molecule has 0 fully saturated rings. The number of hydrogen-bond donors (Lipinski definition) is 2. The fraction of sp³-hybridized carbons (Fsp3) is 0.421. The molecular formula is C19H29IN4O. The summed E-state index contributed by atoms with van der Waals surface area (Å²) in [5.41, 5.74) is 2.40. The molecule has 1 heterocycles. The second kappa shape index (κ2) is 11.8. The minimum Gasteiger partial charge on any atom is -0.496 e. The van der Waals surface area contributed by atoms with Gasteiger partial charge in [0.1, 0.15) is 5.75 Å². The van der Waals surface area contributed by atoms with Crippen molar-refractivity contribution in [3.63, 3.8) is 0 Å². The van der Waals surface area contributed by atoms with E-state index in [1.54, 1.807) is 7.11 Å². The zero-order valence-corrected chi connectivity index (χ0v) is 17.6. The molecule has 0 aliphatic heterocycles. The first-order valence-electron chi connectivity index (χ1n) is 8.49. The van der Waals surface area contributed by atoms with Crippen LogP contribution in [0, 0.1) is 6.92 Å². The van der Waals surface area contributed by atoms with E-state index in [9.17, 15) is 0 Å². The Hall–Kier alpha value is -1.70. The van der Waals surface area contributed by atoms with Gasteiger partial charge in [-0.2, -0.15) is 0 Å². The highest BCUT2D eigenvalue weighted by atomic mass is 127. The lowest BCUT2D eigenvalue weighted by atomic mass is 10.1. The van der Waals surface area contributed by atoms with E-state index in [2.05, 4.69) is 64.6 Å². The second-order valence-electron chi connectivity index (χ2n) is 5.66. The fourth-order valence-corrected chi connectivity index (χ4v) is 2.48. The largest absolute Gasteiger partial charge is 0.496 e. The topological polar surface area (TPSA) is 50.6 Å². The molecule has 1 aromatic carbocycles. The molecule has 5 nitrogen and oxygen atoms in total. The number of hydrogen-bond acceptors (Lipinski definition) is 2. The summed E-state index contributed by atoms with van der Waals surface area (Å²) < 4.78 is 7.53. The van der Waals surface area contributed by atoms with E-state index in [1.807, 2.05) is 12.1 Å². The lowest BCUT2D eigenvalue weighted by molar-refractivity contribution is 0.411. The summed E-state index contributed by atoms with van der Waals surface area (Å²) in [6.07, 6.45) is 5.03. The smallest absolute Gasteiger partial charge is 0.191 e. The summed E-state index contributed by atoms with van der Waals surface area (Å²) >= 11 is 0. The van der Waals surface area contributed by atoms with Gasteiger partial charge in [0.25, 0.3) is 0 Å². The number of benzene rings is 1.